The molecule has 0 aliphatic carbocycles. The lowest BCUT2D eigenvalue weighted by atomic mass is 10.1. The van der Waals surface area contributed by atoms with Crippen molar-refractivity contribution >= 4 is 16.9 Å². The predicted octanol–water partition coefficient (Wildman–Crippen LogP) is 4.38. The molecule has 0 radical (unpaired) electrons. The molecule has 132 valence electrons. The number of rotatable bonds is 3. The molecule has 4 aromatic rings. The van der Waals surface area contributed by atoms with E-state index in [1.165, 1.54) is 0 Å². The van der Waals surface area contributed by atoms with Gasteiger partial charge in [-0.3, -0.25) is 9.78 Å². The molecule has 5 nitrogen and oxygen atoms in total. The Balaban J connectivity index is 1.94. The molecule has 2 heterocycles. The van der Waals surface area contributed by atoms with E-state index in [2.05, 4.69) is 4.98 Å². The summed E-state index contributed by atoms with van der Waals surface area (Å²) in [5.41, 5.74) is 1.51. The fourth-order valence-corrected chi connectivity index (χ4v) is 2.87. The number of hydrogen-bond donors (Lipinski definition) is 0. The second-order valence-corrected chi connectivity index (χ2v) is 6.01. The van der Waals surface area contributed by atoms with Crippen LogP contribution in [-0.2, 0) is 0 Å². The van der Waals surface area contributed by atoms with Gasteiger partial charge in [-0.1, -0.05) is 36.4 Å². The molecular formula is C22H15NO4. The lowest BCUT2D eigenvalue weighted by molar-refractivity contribution is 0.0731. The van der Waals surface area contributed by atoms with Gasteiger partial charge in [0.2, 0.25) is 11.2 Å². The molecule has 0 saturated heterocycles. The van der Waals surface area contributed by atoms with Crippen molar-refractivity contribution in [3.8, 4) is 17.2 Å². The highest BCUT2D eigenvalue weighted by molar-refractivity contribution is 5.93. The van der Waals surface area contributed by atoms with Gasteiger partial charge in [-0.25, -0.2) is 4.79 Å². The van der Waals surface area contributed by atoms with Crippen molar-refractivity contribution in [2.45, 2.75) is 6.92 Å². The van der Waals surface area contributed by atoms with Crippen molar-refractivity contribution < 1.29 is 13.9 Å². The first kappa shape index (κ1) is 16.7. The summed E-state index contributed by atoms with van der Waals surface area (Å²) in [6.07, 6.45) is 1.58. The fraction of sp³-hybridized carbons (Fsp3) is 0.0455. The van der Waals surface area contributed by atoms with Crippen LogP contribution >= 0.6 is 0 Å². The molecule has 5 heteroatoms. The van der Waals surface area contributed by atoms with Crippen LogP contribution < -0.4 is 10.2 Å². The first-order chi connectivity index (χ1) is 13.1. The lowest BCUT2D eigenvalue weighted by Crippen LogP contribution is -2.17. The number of aryl methyl sites for hydroxylation is 1. The van der Waals surface area contributed by atoms with Crippen molar-refractivity contribution in [2.75, 3.05) is 0 Å². The quantitative estimate of drug-likeness (QED) is 0.509. The van der Waals surface area contributed by atoms with Gasteiger partial charge in [-0.15, -0.1) is 0 Å². The van der Waals surface area contributed by atoms with Gasteiger partial charge in [0.1, 0.15) is 11.3 Å². The Bertz CT molecular complexity index is 1180. The van der Waals surface area contributed by atoms with Crippen molar-refractivity contribution in [3.05, 3.63) is 94.3 Å². The number of ether oxygens (including phenoxy) is 1. The number of benzene rings is 2. The molecular weight excluding hydrogens is 342 g/mol. The third-order valence-electron chi connectivity index (χ3n) is 4.19. The molecule has 0 aliphatic rings. The van der Waals surface area contributed by atoms with Crippen LogP contribution in [0.25, 0.3) is 22.4 Å². The van der Waals surface area contributed by atoms with Gasteiger partial charge >= 0.3 is 5.97 Å². The molecule has 2 aromatic carbocycles. The maximum absolute atomic E-state index is 13.1. The lowest BCUT2D eigenvalue weighted by Gasteiger charge is -2.11. The molecule has 0 N–H and O–H groups in total. The second-order valence-electron chi connectivity index (χ2n) is 6.01. The van der Waals surface area contributed by atoms with Crippen molar-refractivity contribution in [3.63, 3.8) is 0 Å². The SMILES string of the molecule is Cc1cccc2oc(-c3ccccn3)c(OC(=O)c3ccccc3)c(=O)c12. The number of hydrogen-bond acceptors (Lipinski definition) is 5. The largest absolute Gasteiger partial charge is 0.450 e. The normalized spacial score (nSPS) is 10.7. The zero-order valence-electron chi connectivity index (χ0n) is 14.5. The third kappa shape index (κ3) is 3.11. The predicted molar refractivity (Wildman–Crippen MR) is 102 cm³/mol. The zero-order valence-corrected chi connectivity index (χ0v) is 14.5. The van der Waals surface area contributed by atoms with Gasteiger partial charge in [0.25, 0.3) is 0 Å². The van der Waals surface area contributed by atoms with E-state index >= 15 is 0 Å². The first-order valence-electron chi connectivity index (χ1n) is 8.40. The van der Waals surface area contributed by atoms with E-state index < -0.39 is 11.4 Å². The highest BCUT2D eigenvalue weighted by atomic mass is 16.5. The number of carbonyl (C=O) groups excluding carboxylic acids is 1. The molecule has 2 aromatic heterocycles. The van der Waals surface area contributed by atoms with Gasteiger partial charge in [0.05, 0.1) is 10.9 Å². The molecule has 0 aliphatic heterocycles. The van der Waals surface area contributed by atoms with Crippen LogP contribution in [0.5, 0.6) is 5.75 Å². The third-order valence-corrected chi connectivity index (χ3v) is 4.19. The van der Waals surface area contributed by atoms with Crippen LogP contribution in [0.4, 0.5) is 0 Å². The van der Waals surface area contributed by atoms with E-state index in [0.29, 0.717) is 22.2 Å². The summed E-state index contributed by atoms with van der Waals surface area (Å²) in [5.74, 6) is -0.666. The van der Waals surface area contributed by atoms with Crippen LogP contribution in [-0.4, -0.2) is 11.0 Å². The van der Waals surface area contributed by atoms with Crippen LogP contribution in [0.2, 0.25) is 0 Å². The van der Waals surface area contributed by atoms with E-state index in [4.69, 9.17) is 9.15 Å². The Kier molecular flexibility index (Phi) is 4.26. The number of aromatic nitrogens is 1. The molecule has 0 saturated carbocycles. The molecule has 0 atom stereocenters. The van der Waals surface area contributed by atoms with Crippen LogP contribution in [0.1, 0.15) is 15.9 Å². The summed E-state index contributed by atoms with van der Waals surface area (Å²) >= 11 is 0. The van der Waals surface area contributed by atoms with Crippen molar-refractivity contribution in [1.29, 1.82) is 0 Å². The maximum atomic E-state index is 13.1. The topological polar surface area (TPSA) is 69.4 Å². The molecule has 0 spiro atoms. The summed E-state index contributed by atoms with van der Waals surface area (Å²) in [6.45, 7) is 1.81. The average Bonchev–Trinajstić information content (AvgIpc) is 2.71. The summed E-state index contributed by atoms with van der Waals surface area (Å²) in [4.78, 5) is 29.9. The van der Waals surface area contributed by atoms with Gasteiger partial charge < -0.3 is 9.15 Å². The second kappa shape index (κ2) is 6.88. The fourth-order valence-electron chi connectivity index (χ4n) is 2.87. The number of fused-ring (bicyclic) bond motifs is 1. The van der Waals surface area contributed by atoms with E-state index in [0.717, 1.165) is 5.56 Å². The standard InChI is InChI=1S/C22H15NO4/c1-14-8-7-12-17-18(14)19(24)21(20(26-17)16-11-5-6-13-23-16)27-22(25)15-9-3-2-4-10-15/h2-13H,1H3. The Morgan fingerprint density at radius 1 is 0.963 bits per heavy atom. The number of esters is 1. The van der Waals surface area contributed by atoms with Gasteiger partial charge in [0.15, 0.2) is 5.76 Å². The molecule has 0 amide bonds. The number of carbonyl (C=O) groups is 1. The molecule has 27 heavy (non-hydrogen) atoms. The Hall–Kier alpha value is -3.73. The number of nitrogens with zero attached hydrogens (tertiary/aromatic N) is 1. The Morgan fingerprint density at radius 2 is 1.74 bits per heavy atom. The maximum Gasteiger partial charge on any atom is 0.343 e. The Morgan fingerprint density at radius 3 is 2.48 bits per heavy atom. The van der Waals surface area contributed by atoms with Crippen molar-refractivity contribution in [1.82, 2.24) is 4.98 Å². The minimum atomic E-state index is -0.631. The Labute approximate surface area is 154 Å². The summed E-state index contributed by atoms with van der Waals surface area (Å²) < 4.78 is 11.4. The van der Waals surface area contributed by atoms with Crippen molar-refractivity contribution in [2.24, 2.45) is 0 Å². The summed E-state index contributed by atoms with van der Waals surface area (Å²) in [6, 6.07) is 19.0. The van der Waals surface area contributed by atoms with Crippen LogP contribution in [0.3, 0.4) is 0 Å². The van der Waals surface area contributed by atoms with Gasteiger partial charge in [-0.05, 0) is 42.8 Å². The van der Waals surface area contributed by atoms with Gasteiger partial charge in [0, 0.05) is 6.20 Å². The zero-order chi connectivity index (χ0) is 18.8. The van der Waals surface area contributed by atoms with Gasteiger partial charge in [-0.2, -0.15) is 0 Å². The van der Waals surface area contributed by atoms with E-state index in [1.807, 2.05) is 13.0 Å². The first-order valence-corrected chi connectivity index (χ1v) is 8.40. The molecule has 4 rings (SSSR count). The average molecular weight is 357 g/mol. The minimum absolute atomic E-state index is 0.128. The van der Waals surface area contributed by atoms with Crippen LogP contribution in [0.15, 0.2) is 82.1 Å². The van der Waals surface area contributed by atoms with Crippen LogP contribution in [0, 0.1) is 6.92 Å². The smallest absolute Gasteiger partial charge is 0.343 e. The molecule has 0 unspecified atom stereocenters. The minimum Gasteiger partial charge on any atom is -0.450 e. The van der Waals surface area contributed by atoms with E-state index in [-0.39, 0.29) is 11.5 Å². The van der Waals surface area contributed by atoms with E-state index in [9.17, 15) is 9.59 Å². The van der Waals surface area contributed by atoms with E-state index in [1.54, 1.807) is 66.9 Å². The monoisotopic (exact) mass is 357 g/mol. The highest BCUT2D eigenvalue weighted by Crippen LogP contribution is 2.30. The summed E-state index contributed by atoms with van der Waals surface area (Å²) in [5, 5.41) is 0.382. The molecule has 0 bridgehead atoms. The summed E-state index contributed by atoms with van der Waals surface area (Å²) in [7, 11) is 0. The number of pyridine rings is 1. The molecule has 0 fully saturated rings. The highest BCUT2D eigenvalue weighted by Gasteiger charge is 2.22.